The lowest BCUT2D eigenvalue weighted by Crippen LogP contribution is -2.08. The van der Waals surface area contributed by atoms with Gasteiger partial charge in [-0.1, -0.05) is 23.9 Å². The van der Waals surface area contributed by atoms with Crippen molar-refractivity contribution in [2.75, 3.05) is 20.4 Å². The van der Waals surface area contributed by atoms with Crippen molar-refractivity contribution in [2.24, 2.45) is 15.2 Å². The van der Waals surface area contributed by atoms with Crippen LogP contribution in [-0.2, 0) is 0 Å². The van der Waals surface area contributed by atoms with Gasteiger partial charge in [-0.2, -0.15) is 5.10 Å². The van der Waals surface area contributed by atoms with Crippen molar-refractivity contribution in [3.05, 3.63) is 35.6 Å². The van der Waals surface area contributed by atoms with Gasteiger partial charge in [-0.15, -0.1) is 5.10 Å². The predicted molar refractivity (Wildman–Crippen MR) is 81.7 cm³/mol. The normalized spacial score (nSPS) is 13.1. The summed E-state index contributed by atoms with van der Waals surface area (Å²) in [6.07, 6.45) is 3.55. The third-order valence-corrected chi connectivity index (χ3v) is 2.68. The fraction of sp³-hybridized carbons (Fsp3) is 0.308. The molecule has 1 aromatic rings. The van der Waals surface area contributed by atoms with Crippen molar-refractivity contribution >= 4 is 29.0 Å². The lowest BCUT2D eigenvalue weighted by Gasteiger charge is -2.02. The van der Waals surface area contributed by atoms with Crippen LogP contribution in [0.15, 0.2) is 39.5 Å². The van der Waals surface area contributed by atoms with Gasteiger partial charge in [-0.05, 0) is 30.9 Å². The van der Waals surface area contributed by atoms with E-state index in [-0.39, 0.29) is 5.82 Å². The Morgan fingerprint density at radius 1 is 1.21 bits per heavy atom. The molecule has 0 saturated carbocycles. The molecule has 0 atom stereocenters. The topological polar surface area (TPSA) is 40.3 Å². The molecule has 0 saturated heterocycles. The van der Waals surface area contributed by atoms with Gasteiger partial charge in [0.25, 0.3) is 0 Å². The smallest absolute Gasteiger partial charge is 0.210 e. The van der Waals surface area contributed by atoms with Crippen molar-refractivity contribution in [3.63, 3.8) is 0 Å². The molecule has 0 N–H and O–H groups in total. The number of hydrogen-bond donors (Lipinski definition) is 0. The Bertz CT molecular complexity index is 492. The first kappa shape index (κ1) is 15.4. The zero-order valence-electron chi connectivity index (χ0n) is 11.5. The summed E-state index contributed by atoms with van der Waals surface area (Å²) in [7, 11) is 3.77. The third-order valence-electron chi connectivity index (χ3n) is 2.13. The summed E-state index contributed by atoms with van der Waals surface area (Å²) in [6, 6.07) is 6.15. The van der Waals surface area contributed by atoms with Crippen LogP contribution < -0.4 is 0 Å². The van der Waals surface area contributed by atoms with Crippen molar-refractivity contribution in [2.45, 2.75) is 6.92 Å². The van der Waals surface area contributed by atoms with Gasteiger partial charge in [0, 0.05) is 14.1 Å². The van der Waals surface area contributed by atoms with Crippen LogP contribution in [0.3, 0.4) is 0 Å². The Hall–Kier alpha value is -1.69. The highest BCUT2D eigenvalue weighted by Gasteiger charge is 1.98. The molecule has 4 nitrogen and oxygen atoms in total. The molecule has 1 rings (SSSR count). The van der Waals surface area contributed by atoms with E-state index in [1.165, 1.54) is 23.9 Å². The summed E-state index contributed by atoms with van der Waals surface area (Å²) < 4.78 is 12.8. The van der Waals surface area contributed by atoms with E-state index in [1.807, 2.05) is 32.2 Å². The molecule has 0 unspecified atom stereocenters. The number of rotatable bonds is 3. The third kappa shape index (κ3) is 5.65. The standard InChI is InChI=1S/C13H17FN4S/c1-10(11-5-7-12(14)8-6-11)16-17-13(19-4)15-9-18(2)3/h5-9H,1-4H3/b15-9+,16-10+,17-13+. The first-order valence-electron chi connectivity index (χ1n) is 5.65. The highest BCUT2D eigenvalue weighted by molar-refractivity contribution is 8.13. The second kappa shape index (κ2) is 7.68. The molecule has 0 aliphatic heterocycles. The maximum Gasteiger partial charge on any atom is 0.210 e. The largest absolute Gasteiger partial charge is 0.369 e. The van der Waals surface area contributed by atoms with Crippen molar-refractivity contribution in [3.8, 4) is 0 Å². The van der Waals surface area contributed by atoms with E-state index >= 15 is 0 Å². The molecule has 0 amide bonds. The van der Waals surface area contributed by atoms with Gasteiger partial charge in [0.05, 0.1) is 12.1 Å². The quantitative estimate of drug-likeness (QED) is 0.485. The van der Waals surface area contributed by atoms with Gasteiger partial charge in [0.1, 0.15) is 5.82 Å². The van der Waals surface area contributed by atoms with Crippen LogP contribution in [0.1, 0.15) is 12.5 Å². The number of nitrogens with zero attached hydrogens (tertiary/aromatic N) is 4. The molecule has 0 spiro atoms. The molecule has 0 aromatic heterocycles. The van der Waals surface area contributed by atoms with Crippen LogP contribution in [0.2, 0.25) is 0 Å². The Balaban J connectivity index is 2.85. The van der Waals surface area contributed by atoms with Crippen LogP contribution >= 0.6 is 11.8 Å². The van der Waals surface area contributed by atoms with Gasteiger partial charge >= 0.3 is 0 Å². The minimum absolute atomic E-state index is 0.263. The van der Waals surface area contributed by atoms with E-state index in [0.717, 1.165) is 5.56 Å². The minimum atomic E-state index is -0.263. The second-order valence-corrected chi connectivity index (χ2v) is 4.76. The maximum atomic E-state index is 12.8. The minimum Gasteiger partial charge on any atom is -0.369 e. The SMILES string of the molecule is CSC(/N=C/N(C)C)=N/N=C(\C)c1ccc(F)cc1. The lowest BCUT2D eigenvalue weighted by molar-refractivity contribution is 0.628. The Morgan fingerprint density at radius 2 is 1.84 bits per heavy atom. The number of halogens is 1. The summed E-state index contributed by atoms with van der Waals surface area (Å²) in [6.45, 7) is 1.82. The average Bonchev–Trinajstić information content (AvgIpc) is 2.39. The first-order chi connectivity index (χ1) is 9.02. The van der Waals surface area contributed by atoms with Gasteiger partial charge in [-0.25, -0.2) is 9.38 Å². The molecule has 102 valence electrons. The van der Waals surface area contributed by atoms with E-state index in [1.54, 1.807) is 18.5 Å². The number of thioether (sulfide) groups is 1. The molecule has 0 heterocycles. The van der Waals surface area contributed by atoms with E-state index in [2.05, 4.69) is 15.2 Å². The number of aliphatic imine (C=N–C) groups is 1. The monoisotopic (exact) mass is 280 g/mol. The fourth-order valence-electron chi connectivity index (χ4n) is 1.15. The zero-order chi connectivity index (χ0) is 14.3. The summed E-state index contributed by atoms with van der Waals surface area (Å²) >= 11 is 1.41. The molecular formula is C13H17FN4S. The first-order valence-corrected chi connectivity index (χ1v) is 6.88. The summed E-state index contributed by atoms with van der Waals surface area (Å²) in [4.78, 5) is 5.99. The van der Waals surface area contributed by atoms with Gasteiger partial charge in [-0.3, -0.25) is 0 Å². The summed E-state index contributed by atoms with van der Waals surface area (Å²) in [5.74, 6) is -0.263. The lowest BCUT2D eigenvalue weighted by atomic mass is 10.1. The van der Waals surface area contributed by atoms with Crippen molar-refractivity contribution < 1.29 is 4.39 Å². The molecule has 0 aliphatic carbocycles. The molecule has 0 bridgehead atoms. The zero-order valence-corrected chi connectivity index (χ0v) is 12.3. The predicted octanol–water partition coefficient (Wildman–Crippen LogP) is 2.86. The number of benzene rings is 1. The van der Waals surface area contributed by atoms with Crippen LogP contribution in [0.4, 0.5) is 4.39 Å². The molecule has 19 heavy (non-hydrogen) atoms. The van der Waals surface area contributed by atoms with E-state index in [4.69, 9.17) is 0 Å². The highest BCUT2D eigenvalue weighted by Crippen LogP contribution is 2.06. The molecule has 6 heteroatoms. The average molecular weight is 280 g/mol. The highest BCUT2D eigenvalue weighted by atomic mass is 32.2. The Morgan fingerprint density at radius 3 is 2.37 bits per heavy atom. The Kier molecular flexibility index (Phi) is 6.21. The number of hydrogen-bond acceptors (Lipinski definition) is 3. The Labute approximate surface area is 117 Å². The van der Waals surface area contributed by atoms with Crippen LogP contribution in [0.5, 0.6) is 0 Å². The van der Waals surface area contributed by atoms with E-state index in [0.29, 0.717) is 10.9 Å². The van der Waals surface area contributed by atoms with Crippen LogP contribution in [0, 0.1) is 5.82 Å². The number of amidine groups is 1. The van der Waals surface area contributed by atoms with Crippen molar-refractivity contribution in [1.82, 2.24) is 4.90 Å². The molecular weight excluding hydrogens is 263 g/mol. The van der Waals surface area contributed by atoms with Crippen LogP contribution in [0.25, 0.3) is 0 Å². The molecule has 1 aromatic carbocycles. The van der Waals surface area contributed by atoms with Crippen molar-refractivity contribution in [1.29, 1.82) is 0 Å². The van der Waals surface area contributed by atoms with E-state index in [9.17, 15) is 4.39 Å². The van der Waals surface area contributed by atoms with Crippen LogP contribution in [-0.4, -0.2) is 42.5 Å². The molecule has 0 fully saturated rings. The molecule has 0 aliphatic rings. The second-order valence-electron chi connectivity index (χ2n) is 3.99. The summed E-state index contributed by atoms with van der Waals surface area (Å²) in [5, 5.41) is 8.73. The van der Waals surface area contributed by atoms with Gasteiger partial charge < -0.3 is 4.90 Å². The fourth-order valence-corrected chi connectivity index (χ4v) is 1.43. The maximum absolute atomic E-state index is 12.8. The summed E-state index contributed by atoms with van der Waals surface area (Å²) in [5.41, 5.74) is 1.55. The van der Waals surface area contributed by atoms with E-state index < -0.39 is 0 Å². The van der Waals surface area contributed by atoms with Gasteiger partial charge in [0.2, 0.25) is 5.17 Å². The van der Waals surface area contributed by atoms with Gasteiger partial charge in [0.15, 0.2) is 0 Å². The molecule has 0 radical (unpaired) electrons.